The van der Waals surface area contributed by atoms with Crippen LogP contribution < -0.4 is 0 Å². The molecule has 15 aromatic carbocycles. The molecule has 115 heavy (non-hydrogen) atoms. The Balaban J connectivity index is 0.000000105. The third-order valence-corrected chi connectivity index (χ3v) is 23.8. The van der Waals surface area contributed by atoms with E-state index in [2.05, 4.69) is 193 Å². The van der Waals surface area contributed by atoms with E-state index in [4.69, 9.17) is 60.6 Å². The van der Waals surface area contributed by atoms with Crippen molar-refractivity contribution < 1.29 is 4.42 Å². The number of para-hydroxylation sites is 7. The lowest BCUT2D eigenvalue weighted by molar-refractivity contribution is 0.620. The SMILES string of the molecule is c1ccc(-c2nc(-c3cc4c(-c5ccccc5)nc5ccccc5c4c4nsnc34)nc3ccccc23)cc1.c1ccc(-c2nc3ccccc3c3c2cc(-c2ccc(-c4nc5ccccc5o4)cc2)c2nsnc23)cc1.c1ccc(-c2nc3ccccc3c3c2cc(-c2ccc(-c4nc5ccccc5s4)cc2)c2nsnc23)cc1. The second-order valence-corrected chi connectivity index (χ2v) is 30.5. The predicted molar refractivity (Wildman–Crippen MR) is 473 cm³/mol. The van der Waals surface area contributed by atoms with Gasteiger partial charge in [0.2, 0.25) is 5.89 Å². The molecule has 14 nitrogen and oxygen atoms in total. The first-order valence-electron chi connectivity index (χ1n) is 37.4. The molecule has 9 aromatic heterocycles. The number of pyridine rings is 3. The van der Waals surface area contributed by atoms with Gasteiger partial charge in [-0.15, -0.1) is 11.3 Å². The molecule has 0 aliphatic heterocycles. The lowest BCUT2D eigenvalue weighted by Gasteiger charge is -2.13. The van der Waals surface area contributed by atoms with Gasteiger partial charge in [0, 0.05) is 104 Å². The van der Waals surface area contributed by atoms with E-state index in [-0.39, 0.29) is 0 Å². The van der Waals surface area contributed by atoms with E-state index in [0.29, 0.717) is 11.7 Å². The summed E-state index contributed by atoms with van der Waals surface area (Å²) in [5, 5.41) is 11.7. The maximum atomic E-state index is 5.98. The molecule has 0 spiro atoms. The van der Waals surface area contributed by atoms with Crippen LogP contribution in [0, 0.1) is 0 Å². The van der Waals surface area contributed by atoms with Crippen LogP contribution in [-0.2, 0) is 0 Å². The van der Waals surface area contributed by atoms with Crippen molar-refractivity contribution >= 4 is 177 Å². The third kappa shape index (κ3) is 11.9. The molecule has 18 heteroatoms. The Bertz CT molecular complexity index is 7540. The van der Waals surface area contributed by atoms with Crippen LogP contribution in [0.2, 0.25) is 0 Å². The molecule has 0 aliphatic rings. The Hall–Kier alpha value is -14.5. The van der Waals surface area contributed by atoms with Gasteiger partial charge in [-0.25, -0.2) is 34.9 Å². The predicted octanol–water partition coefficient (Wildman–Crippen LogP) is 25.9. The Labute approximate surface area is 671 Å². The fourth-order valence-electron chi connectivity index (χ4n) is 15.7. The van der Waals surface area contributed by atoms with Gasteiger partial charge in [-0.1, -0.05) is 255 Å². The van der Waals surface area contributed by atoms with Crippen LogP contribution in [-0.4, -0.2) is 61.1 Å². The van der Waals surface area contributed by atoms with E-state index in [1.54, 1.807) is 11.3 Å². The summed E-state index contributed by atoms with van der Waals surface area (Å²) in [5.41, 5.74) is 26.8. The molecule has 0 aliphatic carbocycles. The number of oxazole rings is 1. The van der Waals surface area contributed by atoms with Gasteiger partial charge < -0.3 is 4.42 Å². The summed E-state index contributed by atoms with van der Waals surface area (Å²) in [6.07, 6.45) is 0. The minimum Gasteiger partial charge on any atom is -0.436 e. The largest absolute Gasteiger partial charge is 0.436 e. The normalized spacial score (nSPS) is 11.7. The fraction of sp³-hybridized carbons (Fsp3) is 0. The Kier molecular flexibility index (Phi) is 16.6. The molecule has 0 saturated heterocycles. The zero-order valence-electron chi connectivity index (χ0n) is 60.6. The highest BCUT2D eigenvalue weighted by atomic mass is 32.1. The first kappa shape index (κ1) is 67.4. The summed E-state index contributed by atoms with van der Waals surface area (Å²) in [5.74, 6) is 1.23. The van der Waals surface area contributed by atoms with Crippen molar-refractivity contribution in [1.82, 2.24) is 61.1 Å². The van der Waals surface area contributed by atoms with E-state index in [9.17, 15) is 0 Å². The van der Waals surface area contributed by atoms with Crippen molar-refractivity contribution in [2.45, 2.75) is 0 Å². The molecular formula is C97H55N13OS4. The minimum atomic E-state index is 0.610. The molecule has 24 aromatic rings. The van der Waals surface area contributed by atoms with Crippen LogP contribution in [0.3, 0.4) is 0 Å². The molecule has 0 amide bonds. The number of hydrogen-bond acceptors (Lipinski definition) is 18. The van der Waals surface area contributed by atoms with Crippen molar-refractivity contribution in [3.05, 3.63) is 334 Å². The van der Waals surface area contributed by atoms with Crippen molar-refractivity contribution in [2.24, 2.45) is 0 Å². The van der Waals surface area contributed by atoms with Crippen LogP contribution >= 0.6 is 46.5 Å². The van der Waals surface area contributed by atoms with Gasteiger partial charge in [0.1, 0.15) is 43.6 Å². The van der Waals surface area contributed by atoms with E-state index in [0.717, 1.165) is 215 Å². The second kappa shape index (κ2) is 28.3. The highest BCUT2D eigenvalue weighted by Gasteiger charge is 2.25. The van der Waals surface area contributed by atoms with Gasteiger partial charge in [-0.2, -0.15) is 26.2 Å². The number of rotatable bonds is 9. The molecule has 0 atom stereocenters. The molecule has 0 radical (unpaired) electrons. The number of fused-ring (bicyclic) bond motifs is 18. The third-order valence-electron chi connectivity index (χ3n) is 21.1. The van der Waals surface area contributed by atoms with Crippen LogP contribution in [0.25, 0.3) is 231 Å². The molecule has 0 bridgehead atoms. The quantitative estimate of drug-likeness (QED) is 0.125. The average molecular weight is 1550 g/mol. The monoisotopic (exact) mass is 1550 g/mol. The van der Waals surface area contributed by atoms with Gasteiger partial charge in [-0.05, 0) is 90.0 Å². The summed E-state index contributed by atoms with van der Waals surface area (Å²) in [4.78, 5) is 35.0. The van der Waals surface area contributed by atoms with Gasteiger partial charge in [0.25, 0.3) is 0 Å². The van der Waals surface area contributed by atoms with Gasteiger partial charge >= 0.3 is 0 Å². The van der Waals surface area contributed by atoms with Gasteiger partial charge in [-0.3, -0.25) is 0 Å². The van der Waals surface area contributed by atoms with E-state index < -0.39 is 0 Å². The van der Waals surface area contributed by atoms with Crippen LogP contribution in [0.5, 0.6) is 0 Å². The number of aromatic nitrogens is 13. The zero-order chi connectivity index (χ0) is 75.9. The van der Waals surface area contributed by atoms with Crippen molar-refractivity contribution in [2.75, 3.05) is 0 Å². The average Bonchev–Trinajstić information content (AvgIpc) is 1.58. The standard InChI is InChI=1S/C33H19N5S.C32H18N4OS.C32H18N4S2/c1-3-11-20(12-4-1)29-23-16-8-10-18-27(23)35-33(36-29)25-19-24-28(32-31(25)37-39-38-32)22-15-7-9-17-26(22)34-30(24)21-13-5-2-6-14-21;2*1-2-8-20(9-3-1)29-24-18-23(30-31(36-38-35-30)28(24)22-10-4-5-11-25(22)33-29)19-14-16-21(17-15-19)32-34-26-12-6-7-13-27(26)37-32/h1-19H;2*1-18H. The molecule has 24 rings (SSSR count). The lowest BCUT2D eigenvalue weighted by atomic mass is 9.94. The summed E-state index contributed by atoms with van der Waals surface area (Å²) >= 11 is 5.44. The van der Waals surface area contributed by atoms with Crippen LogP contribution in [0.4, 0.5) is 0 Å². The highest BCUT2D eigenvalue weighted by Crippen LogP contribution is 2.46. The lowest BCUT2D eigenvalue weighted by Crippen LogP contribution is -1.97. The first-order chi connectivity index (χ1) is 57.0. The zero-order valence-corrected chi connectivity index (χ0v) is 63.9. The summed E-state index contributed by atoms with van der Waals surface area (Å²) in [7, 11) is 0. The molecule has 0 unspecified atom stereocenters. The van der Waals surface area contributed by atoms with Crippen LogP contribution in [0.15, 0.2) is 338 Å². The van der Waals surface area contributed by atoms with Crippen LogP contribution in [0.1, 0.15) is 0 Å². The minimum absolute atomic E-state index is 0.610. The Morgan fingerprint density at radius 2 is 0.557 bits per heavy atom. The molecule has 538 valence electrons. The van der Waals surface area contributed by atoms with Crippen molar-refractivity contribution in [3.8, 4) is 101 Å². The maximum Gasteiger partial charge on any atom is 0.227 e. The van der Waals surface area contributed by atoms with E-state index in [1.807, 2.05) is 146 Å². The topological polar surface area (TPSA) is 181 Å². The molecular weight excluding hydrogens is 1490 g/mol. The first-order valence-corrected chi connectivity index (χ1v) is 40.4. The second-order valence-electron chi connectivity index (χ2n) is 27.9. The Morgan fingerprint density at radius 3 is 1.00 bits per heavy atom. The molecule has 9 heterocycles. The van der Waals surface area contributed by atoms with Crippen molar-refractivity contribution in [3.63, 3.8) is 0 Å². The number of thiazole rings is 1. The van der Waals surface area contributed by atoms with Gasteiger partial charge in [0.05, 0.1) is 90.2 Å². The Morgan fingerprint density at radius 1 is 0.217 bits per heavy atom. The molecule has 0 fully saturated rings. The number of benzene rings is 15. The number of hydrogen-bond donors (Lipinski definition) is 0. The molecule has 0 saturated carbocycles. The summed E-state index contributed by atoms with van der Waals surface area (Å²) < 4.78 is 35.8. The molecule has 0 N–H and O–H groups in total. The number of nitrogens with zero attached hydrogens (tertiary/aromatic N) is 13. The van der Waals surface area contributed by atoms with E-state index >= 15 is 0 Å². The van der Waals surface area contributed by atoms with Gasteiger partial charge in [0.15, 0.2) is 11.4 Å². The summed E-state index contributed by atoms with van der Waals surface area (Å²) in [6, 6.07) is 114. The fourth-order valence-corrected chi connectivity index (χ4v) is 18.4. The maximum absolute atomic E-state index is 5.98. The van der Waals surface area contributed by atoms with Crippen molar-refractivity contribution in [1.29, 1.82) is 0 Å². The smallest absolute Gasteiger partial charge is 0.227 e. The van der Waals surface area contributed by atoms with E-state index in [1.165, 1.54) is 39.9 Å². The highest BCUT2D eigenvalue weighted by molar-refractivity contribution is 7.21. The summed E-state index contributed by atoms with van der Waals surface area (Å²) in [6.45, 7) is 0.